The Hall–Kier alpha value is -3.22. The van der Waals surface area contributed by atoms with Crippen molar-refractivity contribution in [2.45, 2.75) is 13.3 Å². The third-order valence-corrected chi connectivity index (χ3v) is 3.80. The van der Waals surface area contributed by atoms with Crippen LogP contribution in [0.1, 0.15) is 34.1 Å². The van der Waals surface area contributed by atoms with E-state index in [2.05, 4.69) is 16.0 Å². The van der Waals surface area contributed by atoms with Gasteiger partial charge in [-0.1, -0.05) is 0 Å². The van der Waals surface area contributed by atoms with Crippen molar-refractivity contribution in [2.75, 3.05) is 11.6 Å². The first-order chi connectivity index (χ1) is 12.0. The normalized spacial score (nSPS) is 13.4. The van der Waals surface area contributed by atoms with Crippen LogP contribution in [0.25, 0.3) is 0 Å². The summed E-state index contributed by atoms with van der Waals surface area (Å²) >= 11 is 0. The maximum absolute atomic E-state index is 12.8. The average molecular weight is 340 g/mol. The molecular weight excluding hydrogens is 323 g/mol. The van der Waals surface area contributed by atoms with Gasteiger partial charge in [0.1, 0.15) is 5.82 Å². The summed E-state index contributed by atoms with van der Waals surface area (Å²) in [6.07, 6.45) is 0.928. The van der Waals surface area contributed by atoms with Crippen LogP contribution in [-0.2, 0) is 0 Å². The zero-order valence-corrected chi connectivity index (χ0v) is 13.6. The number of hydrogen-bond acceptors (Lipinski definition) is 4. The van der Waals surface area contributed by atoms with E-state index in [4.69, 9.17) is 0 Å². The smallest absolute Gasteiger partial charge is 0.267 e. The number of hydrazone groups is 1. The molecule has 0 fully saturated rings. The zero-order valence-electron chi connectivity index (χ0n) is 13.6. The Morgan fingerprint density at radius 3 is 1.96 bits per heavy atom. The summed E-state index contributed by atoms with van der Waals surface area (Å²) in [5.41, 5.74) is 7.27. The molecule has 0 saturated heterocycles. The molecule has 0 atom stereocenters. The molecule has 128 valence electrons. The molecule has 3 rings (SSSR count). The van der Waals surface area contributed by atoms with Gasteiger partial charge in [-0.2, -0.15) is 5.10 Å². The summed E-state index contributed by atoms with van der Waals surface area (Å²) in [6, 6.07) is 12.0. The number of carbonyl (C=O) groups is 2. The number of anilines is 1. The summed E-state index contributed by atoms with van der Waals surface area (Å²) in [7, 11) is 0. The highest BCUT2D eigenvalue weighted by atomic mass is 19.1. The quantitative estimate of drug-likeness (QED) is 0.843. The molecule has 2 aromatic carbocycles. The van der Waals surface area contributed by atoms with E-state index in [-0.39, 0.29) is 5.56 Å². The van der Waals surface area contributed by atoms with E-state index in [0.717, 1.165) is 24.4 Å². The summed E-state index contributed by atoms with van der Waals surface area (Å²) in [5, 5.41) is 6.28. The molecule has 0 radical (unpaired) electrons. The van der Waals surface area contributed by atoms with Gasteiger partial charge >= 0.3 is 0 Å². The summed E-state index contributed by atoms with van der Waals surface area (Å²) < 4.78 is 12.8. The highest BCUT2D eigenvalue weighted by Gasteiger charge is 2.14. The monoisotopic (exact) mass is 340 g/mol. The van der Waals surface area contributed by atoms with Crippen molar-refractivity contribution in [3.63, 3.8) is 0 Å². The number of amides is 2. The van der Waals surface area contributed by atoms with Gasteiger partial charge in [-0.25, -0.2) is 4.39 Å². The topological polar surface area (TPSA) is 73.8 Å². The molecular formula is C18H17FN4O2. The van der Waals surface area contributed by atoms with Crippen molar-refractivity contribution in [1.82, 2.24) is 10.9 Å². The number of hydrazine groups is 1. The Kier molecular flexibility index (Phi) is 4.74. The molecule has 7 heteroatoms. The molecule has 0 bridgehead atoms. The van der Waals surface area contributed by atoms with Gasteiger partial charge in [0.05, 0.1) is 5.69 Å². The second-order valence-electron chi connectivity index (χ2n) is 5.67. The predicted octanol–water partition coefficient (Wildman–Crippen LogP) is 2.49. The standard InChI is InChI=1S/C18H17FN4O2/c1-12-10-11-23(22-12)16-8-4-14(5-9-16)18(25)21-20-17(24)13-2-6-15(19)7-3-13/h2-9H,10-11H2,1H3,(H,20,24)(H,21,25). The molecule has 6 nitrogen and oxygen atoms in total. The van der Waals surface area contributed by atoms with Gasteiger partial charge in [0, 0.05) is 29.8 Å². The molecule has 2 amide bonds. The van der Waals surface area contributed by atoms with Crippen LogP contribution in [0.3, 0.4) is 0 Å². The number of carbonyl (C=O) groups excluding carboxylic acids is 2. The van der Waals surface area contributed by atoms with Crippen molar-refractivity contribution < 1.29 is 14.0 Å². The second-order valence-corrected chi connectivity index (χ2v) is 5.67. The lowest BCUT2D eigenvalue weighted by Gasteiger charge is -2.14. The second kappa shape index (κ2) is 7.12. The van der Waals surface area contributed by atoms with Gasteiger partial charge in [0.25, 0.3) is 11.8 Å². The number of benzene rings is 2. The van der Waals surface area contributed by atoms with Crippen LogP contribution in [0, 0.1) is 5.82 Å². The highest BCUT2D eigenvalue weighted by Crippen LogP contribution is 2.19. The Labute approximate surface area is 144 Å². The predicted molar refractivity (Wildman–Crippen MR) is 92.8 cm³/mol. The molecule has 1 aliphatic heterocycles. The van der Waals surface area contributed by atoms with Crippen molar-refractivity contribution in [3.05, 3.63) is 65.5 Å². The van der Waals surface area contributed by atoms with E-state index in [0.29, 0.717) is 5.56 Å². The third-order valence-electron chi connectivity index (χ3n) is 3.80. The third kappa shape index (κ3) is 4.00. The lowest BCUT2D eigenvalue weighted by molar-refractivity contribution is 0.0846. The van der Waals surface area contributed by atoms with Crippen LogP contribution in [0.2, 0.25) is 0 Å². The number of hydrogen-bond donors (Lipinski definition) is 2. The minimum absolute atomic E-state index is 0.249. The summed E-state index contributed by atoms with van der Waals surface area (Å²) in [5.74, 6) is -1.40. The van der Waals surface area contributed by atoms with Crippen LogP contribution in [0.15, 0.2) is 53.6 Å². The fraction of sp³-hybridized carbons (Fsp3) is 0.167. The molecule has 0 aromatic heterocycles. The number of nitrogens with zero attached hydrogens (tertiary/aromatic N) is 2. The fourth-order valence-corrected chi connectivity index (χ4v) is 2.40. The molecule has 0 saturated carbocycles. The van der Waals surface area contributed by atoms with E-state index in [1.54, 1.807) is 24.3 Å². The highest BCUT2D eigenvalue weighted by molar-refractivity contribution is 5.99. The maximum Gasteiger partial charge on any atom is 0.269 e. The average Bonchev–Trinajstić information content (AvgIpc) is 3.06. The van der Waals surface area contributed by atoms with Crippen LogP contribution in [0.4, 0.5) is 10.1 Å². The van der Waals surface area contributed by atoms with Gasteiger partial charge < -0.3 is 0 Å². The first-order valence-electron chi connectivity index (χ1n) is 7.81. The molecule has 0 unspecified atom stereocenters. The molecule has 25 heavy (non-hydrogen) atoms. The van der Waals surface area contributed by atoms with Crippen molar-refractivity contribution in [1.29, 1.82) is 0 Å². The summed E-state index contributed by atoms with van der Waals surface area (Å²) in [6.45, 7) is 2.80. The summed E-state index contributed by atoms with van der Waals surface area (Å²) in [4.78, 5) is 24.0. The number of halogens is 1. The van der Waals surface area contributed by atoms with Crippen molar-refractivity contribution in [3.8, 4) is 0 Å². The van der Waals surface area contributed by atoms with E-state index < -0.39 is 17.6 Å². The minimum atomic E-state index is -0.521. The maximum atomic E-state index is 12.8. The van der Waals surface area contributed by atoms with Crippen LogP contribution in [-0.4, -0.2) is 24.1 Å². The Bertz CT molecular complexity index is 816. The van der Waals surface area contributed by atoms with Crippen molar-refractivity contribution >= 4 is 23.2 Å². The van der Waals surface area contributed by atoms with Gasteiger partial charge in [0.15, 0.2) is 0 Å². The Morgan fingerprint density at radius 2 is 1.48 bits per heavy atom. The molecule has 2 N–H and O–H groups in total. The van der Waals surface area contributed by atoms with E-state index in [1.807, 2.05) is 11.9 Å². The molecule has 2 aromatic rings. The van der Waals surface area contributed by atoms with Crippen LogP contribution >= 0.6 is 0 Å². The number of rotatable bonds is 3. The largest absolute Gasteiger partial charge is 0.269 e. The van der Waals surface area contributed by atoms with E-state index >= 15 is 0 Å². The lowest BCUT2D eigenvalue weighted by Crippen LogP contribution is -2.41. The molecule has 0 spiro atoms. The fourth-order valence-electron chi connectivity index (χ4n) is 2.40. The number of nitrogens with one attached hydrogen (secondary N) is 2. The molecule has 1 heterocycles. The van der Waals surface area contributed by atoms with Gasteiger partial charge in [0.2, 0.25) is 0 Å². The van der Waals surface area contributed by atoms with Crippen LogP contribution < -0.4 is 15.9 Å². The van der Waals surface area contributed by atoms with Crippen molar-refractivity contribution in [2.24, 2.45) is 5.10 Å². The van der Waals surface area contributed by atoms with E-state index in [1.165, 1.54) is 24.3 Å². The van der Waals surface area contributed by atoms with Gasteiger partial charge in [-0.05, 0) is 55.5 Å². The first kappa shape index (κ1) is 16.6. The molecule has 1 aliphatic rings. The van der Waals surface area contributed by atoms with Gasteiger partial charge in [-0.3, -0.25) is 25.4 Å². The Balaban J connectivity index is 1.58. The minimum Gasteiger partial charge on any atom is -0.267 e. The van der Waals surface area contributed by atoms with Crippen LogP contribution in [0.5, 0.6) is 0 Å². The lowest BCUT2D eigenvalue weighted by atomic mass is 10.2. The SMILES string of the molecule is CC1=NN(c2ccc(C(=O)NNC(=O)c3ccc(F)cc3)cc2)CC1. The zero-order chi connectivity index (χ0) is 17.8. The van der Waals surface area contributed by atoms with Gasteiger partial charge in [-0.15, -0.1) is 0 Å². The first-order valence-corrected chi connectivity index (χ1v) is 7.81. The Morgan fingerprint density at radius 1 is 0.960 bits per heavy atom. The van der Waals surface area contributed by atoms with E-state index in [9.17, 15) is 14.0 Å². The molecule has 0 aliphatic carbocycles.